The summed E-state index contributed by atoms with van der Waals surface area (Å²) >= 11 is 0. The van der Waals surface area contributed by atoms with Crippen LogP contribution in [0.3, 0.4) is 0 Å². The molecule has 7 nitrogen and oxygen atoms in total. The number of hydrogen-bond acceptors (Lipinski definition) is 6. The Labute approximate surface area is 160 Å². The maximum Gasteiger partial charge on any atom is 0.272 e. The monoisotopic (exact) mass is 371 g/mol. The van der Waals surface area contributed by atoms with Gasteiger partial charge in [-0.2, -0.15) is 0 Å². The van der Waals surface area contributed by atoms with Gasteiger partial charge < -0.3 is 15.0 Å². The molecule has 0 bridgehead atoms. The second kappa shape index (κ2) is 9.10. The average Bonchev–Trinajstić information content (AvgIpc) is 2.70. The summed E-state index contributed by atoms with van der Waals surface area (Å²) in [4.78, 5) is 17.3. The van der Waals surface area contributed by atoms with E-state index in [1.807, 2.05) is 24.3 Å². The summed E-state index contributed by atoms with van der Waals surface area (Å²) in [6.45, 7) is 9.48. The molecular weight excluding hydrogens is 342 g/mol. The van der Waals surface area contributed by atoms with Crippen LogP contribution < -0.4 is 10.2 Å². The molecule has 1 fully saturated rings. The van der Waals surface area contributed by atoms with Crippen molar-refractivity contribution in [1.29, 1.82) is 0 Å². The van der Waals surface area contributed by atoms with Gasteiger partial charge in [0.1, 0.15) is 0 Å². The van der Waals surface area contributed by atoms with Crippen molar-refractivity contribution in [2.75, 3.05) is 51.3 Å². The summed E-state index contributed by atoms with van der Waals surface area (Å²) < 4.78 is 5.02. The molecule has 7 heteroatoms. The smallest absolute Gasteiger partial charge is 0.272 e. The van der Waals surface area contributed by atoms with E-state index in [9.17, 15) is 4.79 Å². The fraction of sp³-hybridized carbons (Fsp3) is 0.550. The largest absolute Gasteiger partial charge is 0.385 e. The molecule has 1 amide bonds. The van der Waals surface area contributed by atoms with Crippen molar-refractivity contribution in [3.05, 3.63) is 30.0 Å². The highest BCUT2D eigenvalue weighted by Gasteiger charge is 2.23. The summed E-state index contributed by atoms with van der Waals surface area (Å²) in [5, 5.41) is 13.5. The van der Waals surface area contributed by atoms with Crippen molar-refractivity contribution < 1.29 is 9.53 Å². The van der Waals surface area contributed by atoms with E-state index >= 15 is 0 Å². The minimum Gasteiger partial charge on any atom is -0.385 e. The summed E-state index contributed by atoms with van der Waals surface area (Å²) in [5.74, 6) is 0.677. The number of fused-ring (bicyclic) bond motifs is 1. The van der Waals surface area contributed by atoms with E-state index in [-0.39, 0.29) is 5.91 Å². The van der Waals surface area contributed by atoms with Crippen LogP contribution in [0.15, 0.2) is 24.3 Å². The number of nitrogens with zero attached hydrogens (tertiary/aromatic N) is 4. The lowest BCUT2D eigenvalue weighted by Gasteiger charge is -2.37. The first-order valence-electron chi connectivity index (χ1n) is 9.63. The minimum atomic E-state index is -0.189. The van der Waals surface area contributed by atoms with Crippen molar-refractivity contribution >= 4 is 22.5 Å². The highest BCUT2D eigenvalue weighted by atomic mass is 16.5. The van der Waals surface area contributed by atoms with Gasteiger partial charge in [-0.3, -0.25) is 9.69 Å². The van der Waals surface area contributed by atoms with Gasteiger partial charge in [0.15, 0.2) is 11.5 Å². The number of anilines is 1. The molecule has 0 atom stereocenters. The Balaban J connectivity index is 1.80. The number of carbonyl (C=O) groups excluding carboxylic acids is 1. The van der Waals surface area contributed by atoms with Crippen LogP contribution in [0.2, 0.25) is 0 Å². The molecule has 2 aromatic rings. The predicted molar refractivity (Wildman–Crippen MR) is 107 cm³/mol. The van der Waals surface area contributed by atoms with Gasteiger partial charge in [0.05, 0.1) is 0 Å². The van der Waals surface area contributed by atoms with Crippen LogP contribution in [0.4, 0.5) is 5.82 Å². The van der Waals surface area contributed by atoms with Crippen molar-refractivity contribution in [3.63, 3.8) is 0 Å². The van der Waals surface area contributed by atoms with E-state index in [4.69, 9.17) is 4.74 Å². The third-order valence-electron chi connectivity index (χ3n) is 5.04. The molecule has 1 aliphatic heterocycles. The third-order valence-corrected chi connectivity index (χ3v) is 5.04. The SMILES string of the molecule is COCCCNC(=O)c1nnc(N2CCN(C(C)C)CC2)c2ccccc12. The fourth-order valence-electron chi connectivity index (χ4n) is 3.44. The van der Waals surface area contributed by atoms with Crippen molar-refractivity contribution in [1.82, 2.24) is 20.4 Å². The standard InChI is InChI=1S/C20H29N5O2/c1-15(2)24-10-12-25(13-11-24)19-17-8-5-4-7-16(17)18(22-23-19)20(26)21-9-6-14-27-3/h4-5,7-8,15H,6,9-14H2,1-3H3,(H,21,26). The van der Waals surface area contributed by atoms with Gasteiger partial charge in [0.2, 0.25) is 0 Å². The maximum absolute atomic E-state index is 12.6. The predicted octanol–water partition coefficient (Wildman–Crippen LogP) is 1.93. The van der Waals surface area contributed by atoms with Crippen LogP contribution in [-0.2, 0) is 4.74 Å². The number of benzene rings is 1. The summed E-state index contributed by atoms with van der Waals surface area (Å²) in [6, 6.07) is 8.45. The molecule has 0 radical (unpaired) electrons. The quantitative estimate of drug-likeness (QED) is 0.750. The Morgan fingerprint density at radius 2 is 1.85 bits per heavy atom. The Morgan fingerprint density at radius 1 is 1.15 bits per heavy atom. The second-order valence-corrected chi connectivity index (χ2v) is 7.14. The lowest BCUT2D eigenvalue weighted by molar-refractivity contribution is 0.0944. The number of methoxy groups -OCH3 is 1. The van der Waals surface area contributed by atoms with E-state index in [0.29, 0.717) is 24.9 Å². The number of hydrogen-bond donors (Lipinski definition) is 1. The number of piperazine rings is 1. The fourth-order valence-corrected chi connectivity index (χ4v) is 3.44. The van der Waals surface area contributed by atoms with Gasteiger partial charge in [-0.15, -0.1) is 10.2 Å². The average molecular weight is 371 g/mol. The lowest BCUT2D eigenvalue weighted by atomic mass is 10.1. The van der Waals surface area contributed by atoms with Crippen LogP contribution in [0.5, 0.6) is 0 Å². The first-order valence-corrected chi connectivity index (χ1v) is 9.63. The molecule has 3 rings (SSSR count). The molecule has 1 aliphatic rings. The second-order valence-electron chi connectivity index (χ2n) is 7.14. The zero-order chi connectivity index (χ0) is 19.2. The molecule has 1 saturated heterocycles. The van der Waals surface area contributed by atoms with Gasteiger partial charge in [-0.25, -0.2) is 0 Å². The van der Waals surface area contributed by atoms with E-state index in [1.54, 1.807) is 7.11 Å². The molecule has 27 heavy (non-hydrogen) atoms. The summed E-state index contributed by atoms with van der Waals surface area (Å²) in [6.07, 6.45) is 0.770. The van der Waals surface area contributed by atoms with Crippen LogP contribution >= 0.6 is 0 Å². The van der Waals surface area contributed by atoms with E-state index in [0.717, 1.165) is 49.2 Å². The Hall–Kier alpha value is -2.25. The first kappa shape index (κ1) is 19.5. The van der Waals surface area contributed by atoms with Crippen LogP contribution in [0, 0.1) is 0 Å². The van der Waals surface area contributed by atoms with Gasteiger partial charge in [0.25, 0.3) is 5.91 Å². The van der Waals surface area contributed by atoms with Crippen molar-refractivity contribution in [2.45, 2.75) is 26.3 Å². The molecule has 0 aliphatic carbocycles. The number of carbonyl (C=O) groups is 1. The van der Waals surface area contributed by atoms with Gasteiger partial charge in [-0.05, 0) is 20.3 Å². The number of amides is 1. The van der Waals surface area contributed by atoms with Crippen LogP contribution in [0.1, 0.15) is 30.8 Å². The molecule has 1 N–H and O–H groups in total. The zero-order valence-corrected chi connectivity index (χ0v) is 16.4. The van der Waals surface area contributed by atoms with Crippen LogP contribution in [-0.4, -0.2) is 73.5 Å². The lowest BCUT2D eigenvalue weighted by Crippen LogP contribution is -2.49. The van der Waals surface area contributed by atoms with Crippen molar-refractivity contribution in [2.24, 2.45) is 0 Å². The highest BCUT2D eigenvalue weighted by Crippen LogP contribution is 2.26. The molecule has 0 spiro atoms. The first-order chi connectivity index (χ1) is 13.1. The Kier molecular flexibility index (Phi) is 6.58. The van der Waals surface area contributed by atoms with Gasteiger partial charge in [0, 0.05) is 63.3 Å². The molecule has 0 unspecified atom stereocenters. The maximum atomic E-state index is 12.6. The number of ether oxygens (including phenoxy) is 1. The molecule has 1 aromatic heterocycles. The molecule has 2 heterocycles. The Bertz CT molecular complexity index is 772. The van der Waals surface area contributed by atoms with E-state index in [1.165, 1.54) is 0 Å². The molecular formula is C20H29N5O2. The summed E-state index contributed by atoms with van der Waals surface area (Å²) in [5.41, 5.74) is 0.382. The normalized spacial score (nSPS) is 15.5. The van der Waals surface area contributed by atoms with E-state index < -0.39 is 0 Å². The molecule has 146 valence electrons. The summed E-state index contributed by atoms with van der Waals surface area (Å²) in [7, 11) is 1.65. The molecule has 0 saturated carbocycles. The highest BCUT2D eigenvalue weighted by molar-refractivity contribution is 6.07. The number of rotatable bonds is 7. The molecule has 1 aromatic carbocycles. The van der Waals surface area contributed by atoms with Crippen LogP contribution in [0.25, 0.3) is 10.8 Å². The van der Waals surface area contributed by atoms with Gasteiger partial charge >= 0.3 is 0 Å². The Morgan fingerprint density at radius 3 is 2.52 bits per heavy atom. The number of aromatic nitrogens is 2. The van der Waals surface area contributed by atoms with Crippen molar-refractivity contribution in [3.8, 4) is 0 Å². The topological polar surface area (TPSA) is 70.6 Å². The zero-order valence-electron chi connectivity index (χ0n) is 16.4. The van der Waals surface area contributed by atoms with E-state index in [2.05, 4.69) is 39.2 Å². The number of nitrogens with one attached hydrogen (secondary N) is 1. The third kappa shape index (κ3) is 4.54. The minimum absolute atomic E-state index is 0.189. The van der Waals surface area contributed by atoms with Gasteiger partial charge in [-0.1, -0.05) is 24.3 Å².